The minimum absolute atomic E-state index is 0.0474. The molecule has 0 bridgehead atoms. The maximum atomic E-state index is 11.6. The molecule has 0 aliphatic carbocycles. The first-order valence-electron chi connectivity index (χ1n) is 5.61. The fourth-order valence-electron chi connectivity index (χ4n) is 1.49. The van der Waals surface area contributed by atoms with E-state index in [0.717, 1.165) is 11.1 Å². The molecular formula is C12H14N6O. The Labute approximate surface area is 109 Å². The lowest BCUT2D eigenvalue weighted by Gasteiger charge is -2.00. The van der Waals surface area contributed by atoms with Crippen molar-refractivity contribution in [3.8, 4) is 0 Å². The number of rotatable bonds is 2. The van der Waals surface area contributed by atoms with Crippen molar-refractivity contribution in [1.82, 2.24) is 9.97 Å². The predicted molar refractivity (Wildman–Crippen MR) is 73.8 cm³/mol. The Morgan fingerprint density at radius 3 is 2.53 bits per heavy atom. The molecule has 0 fully saturated rings. The summed E-state index contributed by atoms with van der Waals surface area (Å²) in [6, 6.07) is 5.60. The Hall–Kier alpha value is -2.70. The van der Waals surface area contributed by atoms with Gasteiger partial charge in [-0.15, -0.1) is 5.11 Å². The van der Waals surface area contributed by atoms with E-state index in [1.165, 1.54) is 0 Å². The molecule has 1 heterocycles. The number of aryl methyl sites for hydroxylation is 2. The molecule has 0 amide bonds. The highest BCUT2D eigenvalue weighted by Gasteiger charge is 2.06. The van der Waals surface area contributed by atoms with Gasteiger partial charge in [0, 0.05) is 0 Å². The maximum Gasteiger partial charge on any atom is 0.282 e. The Morgan fingerprint density at radius 1 is 1.16 bits per heavy atom. The quantitative estimate of drug-likeness (QED) is 0.712. The number of nitrogen functional groups attached to an aromatic ring is 2. The van der Waals surface area contributed by atoms with Gasteiger partial charge in [0.2, 0.25) is 5.95 Å². The second kappa shape index (κ2) is 4.89. The first kappa shape index (κ1) is 12.7. The van der Waals surface area contributed by atoms with E-state index in [1.54, 1.807) is 6.07 Å². The molecule has 7 heteroatoms. The van der Waals surface area contributed by atoms with E-state index in [0.29, 0.717) is 5.69 Å². The van der Waals surface area contributed by atoms with E-state index < -0.39 is 5.56 Å². The third-order valence-electron chi connectivity index (χ3n) is 2.70. The SMILES string of the molecule is Cc1ccc(N=Nc2c(N)nc(N)[nH]c2=O)cc1C. The zero-order valence-corrected chi connectivity index (χ0v) is 10.6. The Kier molecular flexibility index (Phi) is 3.28. The minimum Gasteiger partial charge on any atom is -0.382 e. The summed E-state index contributed by atoms with van der Waals surface area (Å²) in [5.74, 6) is -0.0959. The normalized spacial score (nSPS) is 11.1. The summed E-state index contributed by atoms with van der Waals surface area (Å²) in [6.07, 6.45) is 0. The average molecular weight is 258 g/mol. The molecule has 2 aromatic rings. The van der Waals surface area contributed by atoms with Crippen LogP contribution < -0.4 is 17.0 Å². The van der Waals surface area contributed by atoms with Gasteiger partial charge in [0.1, 0.15) is 0 Å². The number of benzene rings is 1. The maximum absolute atomic E-state index is 11.6. The summed E-state index contributed by atoms with van der Waals surface area (Å²) in [6.45, 7) is 3.98. The number of hydrogen-bond acceptors (Lipinski definition) is 6. The van der Waals surface area contributed by atoms with E-state index >= 15 is 0 Å². The van der Waals surface area contributed by atoms with Crippen molar-refractivity contribution in [1.29, 1.82) is 0 Å². The highest BCUT2D eigenvalue weighted by Crippen LogP contribution is 2.21. The first-order chi connectivity index (χ1) is 8.97. The van der Waals surface area contributed by atoms with Gasteiger partial charge < -0.3 is 11.5 Å². The van der Waals surface area contributed by atoms with Gasteiger partial charge in [-0.1, -0.05) is 6.07 Å². The number of nitrogens with one attached hydrogen (secondary N) is 1. The van der Waals surface area contributed by atoms with Crippen molar-refractivity contribution in [2.24, 2.45) is 10.2 Å². The van der Waals surface area contributed by atoms with E-state index in [9.17, 15) is 4.79 Å². The van der Waals surface area contributed by atoms with E-state index in [-0.39, 0.29) is 17.5 Å². The Balaban J connectivity index is 2.38. The zero-order chi connectivity index (χ0) is 14.0. The summed E-state index contributed by atoms with van der Waals surface area (Å²) in [5.41, 5.74) is 13.3. The molecule has 19 heavy (non-hydrogen) atoms. The number of anilines is 2. The van der Waals surface area contributed by atoms with Crippen LogP contribution in [-0.4, -0.2) is 9.97 Å². The lowest BCUT2D eigenvalue weighted by Crippen LogP contribution is -2.12. The monoisotopic (exact) mass is 258 g/mol. The second-order valence-corrected chi connectivity index (χ2v) is 4.15. The van der Waals surface area contributed by atoms with Crippen LogP contribution in [0.4, 0.5) is 23.1 Å². The summed E-state index contributed by atoms with van der Waals surface area (Å²) in [5, 5.41) is 7.80. The van der Waals surface area contributed by atoms with Crippen molar-refractivity contribution in [3.63, 3.8) is 0 Å². The molecule has 2 rings (SSSR count). The van der Waals surface area contributed by atoms with Gasteiger partial charge in [-0.25, -0.2) is 0 Å². The number of aromatic amines is 1. The first-order valence-corrected chi connectivity index (χ1v) is 5.61. The molecule has 0 aliphatic heterocycles. The number of nitrogens with two attached hydrogens (primary N) is 2. The van der Waals surface area contributed by atoms with Crippen molar-refractivity contribution < 1.29 is 0 Å². The van der Waals surface area contributed by atoms with Gasteiger partial charge in [-0.2, -0.15) is 10.1 Å². The molecule has 5 N–H and O–H groups in total. The fraction of sp³-hybridized carbons (Fsp3) is 0.167. The molecule has 0 radical (unpaired) electrons. The van der Waals surface area contributed by atoms with Gasteiger partial charge in [0.25, 0.3) is 5.56 Å². The summed E-state index contributed by atoms with van der Waals surface area (Å²) < 4.78 is 0. The summed E-state index contributed by atoms with van der Waals surface area (Å²) in [7, 11) is 0. The van der Waals surface area contributed by atoms with Gasteiger partial charge in [0.05, 0.1) is 5.69 Å². The average Bonchev–Trinajstić information content (AvgIpc) is 2.32. The van der Waals surface area contributed by atoms with Gasteiger partial charge >= 0.3 is 0 Å². The number of azo groups is 1. The highest BCUT2D eigenvalue weighted by molar-refractivity contribution is 5.57. The van der Waals surface area contributed by atoms with Gasteiger partial charge in [0.15, 0.2) is 11.5 Å². The van der Waals surface area contributed by atoms with Crippen LogP contribution in [0.5, 0.6) is 0 Å². The van der Waals surface area contributed by atoms with Crippen LogP contribution in [0.3, 0.4) is 0 Å². The molecule has 0 unspecified atom stereocenters. The molecule has 7 nitrogen and oxygen atoms in total. The van der Waals surface area contributed by atoms with Crippen LogP contribution in [0, 0.1) is 13.8 Å². The molecule has 1 aromatic heterocycles. The van der Waals surface area contributed by atoms with Crippen molar-refractivity contribution in [3.05, 3.63) is 39.7 Å². The van der Waals surface area contributed by atoms with E-state index in [4.69, 9.17) is 11.5 Å². The second-order valence-electron chi connectivity index (χ2n) is 4.15. The molecule has 98 valence electrons. The third-order valence-corrected chi connectivity index (χ3v) is 2.70. The van der Waals surface area contributed by atoms with Crippen LogP contribution in [-0.2, 0) is 0 Å². The number of nitrogens with zero attached hydrogens (tertiary/aromatic N) is 3. The Bertz CT molecular complexity index is 704. The van der Waals surface area contributed by atoms with Crippen molar-refractivity contribution in [2.75, 3.05) is 11.5 Å². The summed E-state index contributed by atoms with van der Waals surface area (Å²) in [4.78, 5) is 17.6. The molecule has 0 saturated heterocycles. The zero-order valence-electron chi connectivity index (χ0n) is 10.6. The number of aromatic nitrogens is 2. The highest BCUT2D eigenvalue weighted by atomic mass is 16.1. The van der Waals surface area contributed by atoms with Crippen LogP contribution in [0.2, 0.25) is 0 Å². The minimum atomic E-state index is -0.516. The van der Waals surface area contributed by atoms with Crippen molar-refractivity contribution >= 4 is 23.1 Å². The lowest BCUT2D eigenvalue weighted by atomic mass is 10.1. The van der Waals surface area contributed by atoms with E-state index in [2.05, 4.69) is 20.2 Å². The molecule has 0 aliphatic rings. The molecular weight excluding hydrogens is 244 g/mol. The number of hydrogen-bond donors (Lipinski definition) is 3. The smallest absolute Gasteiger partial charge is 0.282 e. The fourth-order valence-corrected chi connectivity index (χ4v) is 1.49. The topological polar surface area (TPSA) is 123 Å². The number of H-pyrrole nitrogens is 1. The summed E-state index contributed by atoms with van der Waals surface area (Å²) >= 11 is 0. The molecule has 0 saturated carbocycles. The van der Waals surface area contributed by atoms with Crippen LogP contribution in [0.15, 0.2) is 33.2 Å². The lowest BCUT2D eigenvalue weighted by molar-refractivity contribution is 1.10. The largest absolute Gasteiger partial charge is 0.382 e. The van der Waals surface area contributed by atoms with Gasteiger partial charge in [-0.3, -0.25) is 9.78 Å². The third kappa shape index (κ3) is 2.76. The molecule has 0 spiro atoms. The predicted octanol–water partition coefficient (Wildman–Crippen LogP) is 1.97. The van der Waals surface area contributed by atoms with E-state index in [1.807, 2.05) is 26.0 Å². The van der Waals surface area contributed by atoms with Crippen LogP contribution in [0.25, 0.3) is 0 Å². The van der Waals surface area contributed by atoms with Crippen molar-refractivity contribution in [2.45, 2.75) is 13.8 Å². The molecule has 1 aromatic carbocycles. The van der Waals surface area contributed by atoms with Gasteiger partial charge in [-0.05, 0) is 37.1 Å². The standard InChI is InChI=1S/C12H14N6O/c1-6-3-4-8(5-7(6)2)17-18-9-10(13)15-12(14)16-11(9)19/h3-5H,1-2H3,(H5,13,14,15,16,19). The van der Waals surface area contributed by atoms with Crippen LogP contribution in [0.1, 0.15) is 11.1 Å². The Morgan fingerprint density at radius 2 is 1.89 bits per heavy atom. The van der Waals surface area contributed by atoms with Crippen LogP contribution >= 0.6 is 0 Å². The molecule has 0 atom stereocenters.